The van der Waals surface area contributed by atoms with Crippen LogP contribution in [0.3, 0.4) is 0 Å². The number of carboxylic acid groups (broad SMARTS) is 1. The van der Waals surface area contributed by atoms with Crippen molar-refractivity contribution in [3.63, 3.8) is 0 Å². The predicted molar refractivity (Wildman–Crippen MR) is 76.2 cm³/mol. The number of carboxylic acids is 1. The number of hydrogen-bond donors (Lipinski definition) is 1. The zero-order chi connectivity index (χ0) is 14.4. The molecule has 0 aliphatic heterocycles. The highest BCUT2D eigenvalue weighted by molar-refractivity contribution is 6.33. The smallest absolute Gasteiger partial charge is 0.328 e. The molecule has 1 N–H and O–H groups in total. The maximum absolute atomic E-state index is 10.6. The van der Waals surface area contributed by atoms with Crippen molar-refractivity contribution in [2.45, 2.75) is 19.4 Å². The average molecular weight is 279 g/mol. The van der Waals surface area contributed by atoms with E-state index in [1.54, 1.807) is 18.2 Å². The van der Waals surface area contributed by atoms with Crippen LogP contribution in [0.4, 0.5) is 5.69 Å². The molecule has 0 aliphatic rings. The lowest BCUT2D eigenvalue weighted by molar-refractivity contribution is -0.131. The molecule has 1 aromatic rings. The van der Waals surface area contributed by atoms with Crippen LogP contribution in [0.25, 0.3) is 6.08 Å². The molecule has 19 heavy (non-hydrogen) atoms. The number of anilines is 1. The molecule has 1 aromatic carbocycles. The first-order chi connectivity index (χ1) is 8.97. The van der Waals surface area contributed by atoms with Gasteiger partial charge in [-0.25, -0.2) is 4.79 Å². The Morgan fingerprint density at radius 3 is 2.89 bits per heavy atom. The van der Waals surface area contributed by atoms with Crippen molar-refractivity contribution in [2.24, 2.45) is 0 Å². The van der Waals surface area contributed by atoms with Gasteiger partial charge in [-0.3, -0.25) is 0 Å². The quantitative estimate of drug-likeness (QED) is 0.840. The Labute approximate surface area is 117 Å². The second-order valence-electron chi connectivity index (χ2n) is 4.17. The van der Waals surface area contributed by atoms with E-state index in [1.165, 1.54) is 6.08 Å². The van der Waals surface area contributed by atoms with Crippen molar-refractivity contribution in [1.82, 2.24) is 0 Å². The lowest BCUT2D eigenvalue weighted by Gasteiger charge is -2.27. The molecule has 0 saturated carbocycles. The van der Waals surface area contributed by atoms with E-state index in [2.05, 4.69) is 6.07 Å². The standard InChI is InChI=1S/C14H15ClN2O2/c1-10(8-9-16)17(2)14-11(6-7-13(18)19)4-3-5-12(14)15/h3-7,10H,8H2,1-2H3,(H,18,19)/b7-6+. The van der Waals surface area contributed by atoms with E-state index in [0.29, 0.717) is 17.0 Å². The molecule has 0 amide bonds. The summed E-state index contributed by atoms with van der Waals surface area (Å²) in [6.45, 7) is 1.91. The molecule has 1 atom stereocenters. The molecular formula is C14H15ClN2O2. The number of halogens is 1. The SMILES string of the molecule is CC(CC#N)N(C)c1c(Cl)cccc1/C=C/C(=O)O. The summed E-state index contributed by atoms with van der Waals surface area (Å²) in [5.41, 5.74) is 1.44. The Morgan fingerprint density at radius 1 is 1.63 bits per heavy atom. The molecule has 4 nitrogen and oxygen atoms in total. The van der Waals surface area contributed by atoms with Crippen LogP contribution in [0, 0.1) is 11.3 Å². The fourth-order valence-electron chi connectivity index (χ4n) is 1.69. The topological polar surface area (TPSA) is 64.3 Å². The number of nitriles is 1. The number of nitrogens with zero attached hydrogens (tertiary/aromatic N) is 2. The fourth-order valence-corrected chi connectivity index (χ4v) is 2.00. The van der Waals surface area contributed by atoms with E-state index in [-0.39, 0.29) is 6.04 Å². The summed E-state index contributed by atoms with van der Waals surface area (Å²) in [5.74, 6) is -1.02. The fraction of sp³-hybridized carbons (Fsp3) is 0.286. The molecule has 0 aliphatic carbocycles. The summed E-state index contributed by atoms with van der Waals surface area (Å²) in [7, 11) is 1.83. The van der Waals surface area contributed by atoms with Crippen LogP contribution >= 0.6 is 11.6 Å². The Hall–Kier alpha value is -1.99. The first-order valence-corrected chi connectivity index (χ1v) is 6.14. The summed E-state index contributed by atoms with van der Waals surface area (Å²) in [5, 5.41) is 18.0. The van der Waals surface area contributed by atoms with Crippen LogP contribution in [0.1, 0.15) is 18.9 Å². The summed E-state index contributed by atoms with van der Waals surface area (Å²) < 4.78 is 0. The van der Waals surface area contributed by atoms with Gasteiger partial charge in [0.05, 0.1) is 23.2 Å². The molecule has 0 spiro atoms. The van der Waals surface area contributed by atoms with Gasteiger partial charge in [0.1, 0.15) is 0 Å². The van der Waals surface area contributed by atoms with Crippen molar-refractivity contribution in [2.75, 3.05) is 11.9 Å². The second-order valence-corrected chi connectivity index (χ2v) is 4.58. The number of benzene rings is 1. The molecule has 1 unspecified atom stereocenters. The summed E-state index contributed by atoms with van der Waals surface area (Å²) in [6, 6.07) is 7.39. The van der Waals surface area contributed by atoms with E-state index in [4.69, 9.17) is 22.0 Å². The zero-order valence-electron chi connectivity index (χ0n) is 10.8. The van der Waals surface area contributed by atoms with Gasteiger partial charge in [-0.05, 0) is 24.6 Å². The summed E-state index contributed by atoms with van der Waals surface area (Å²) >= 11 is 6.18. The third kappa shape index (κ3) is 4.01. The van der Waals surface area contributed by atoms with Crippen LogP contribution in [0.2, 0.25) is 5.02 Å². The van der Waals surface area contributed by atoms with Crippen molar-refractivity contribution >= 4 is 29.3 Å². The highest BCUT2D eigenvalue weighted by Crippen LogP contribution is 2.31. The Balaban J connectivity index is 3.18. The van der Waals surface area contributed by atoms with Gasteiger partial charge in [-0.2, -0.15) is 5.26 Å². The van der Waals surface area contributed by atoms with E-state index in [1.807, 2.05) is 18.9 Å². The molecule has 1 rings (SSSR count). The third-order valence-electron chi connectivity index (χ3n) is 2.82. The molecular weight excluding hydrogens is 264 g/mol. The van der Waals surface area contributed by atoms with Gasteiger partial charge in [-0.1, -0.05) is 23.7 Å². The first-order valence-electron chi connectivity index (χ1n) is 5.76. The van der Waals surface area contributed by atoms with Crippen molar-refractivity contribution < 1.29 is 9.90 Å². The average Bonchev–Trinajstić information content (AvgIpc) is 2.35. The van der Waals surface area contributed by atoms with Crippen molar-refractivity contribution in [3.05, 3.63) is 34.9 Å². The minimum absolute atomic E-state index is 0.0121. The number of carbonyl (C=O) groups is 1. The minimum atomic E-state index is -1.02. The van der Waals surface area contributed by atoms with Crippen LogP contribution in [-0.4, -0.2) is 24.2 Å². The molecule has 0 bridgehead atoms. The maximum Gasteiger partial charge on any atom is 0.328 e. The van der Waals surface area contributed by atoms with E-state index < -0.39 is 5.97 Å². The Bertz CT molecular complexity index is 535. The first kappa shape index (κ1) is 15.1. The van der Waals surface area contributed by atoms with Crippen LogP contribution in [-0.2, 0) is 4.79 Å². The molecule has 0 heterocycles. The monoisotopic (exact) mass is 278 g/mol. The second kappa shape index (κ2) is 6.81. The van der Waals surface area contributed by atoms with E-state index in [9.17, 15) is 4.79 Å². The van der Waals surface area contributed by atoms with Crippen molar-refractivity contribution in [3.8, 4) is 6.07 Å². The number of para-hydroxylation sites is 1. The summed E-state index contributed by atoms with van der Waals surface area (Å²) in [4.78, 5) is 12.5. The highest BCUT2D eigenvalue weighted by atomic mass is 35.5. The third-order valence-corrected chi connectivity index (χ3v) is 3.13. The summed E-state index contributed by atoms with van der Waals surface area (Å²) in [6.07, 6.45) is 2.93. The lowest BCUT2D eigenvalue weighted by Crippen LogP contribution is -2.29. The normalized spacial score (nSPS) is 12.1. The van der Waals surface area contributed by atoms with Gasteiger partial charge >= 0.3 is 5.97 Å². The van der Waals surface area contributed by atoms with Crippen LogP contribution < -0.4 is 4.90 Å². The zero-order valence-corrected chi connectivity index (χ0v) is 11.6. The Morgan fingerprint density at radius 2 is 2.32 bits per heavy atom. The molecule has 0 radical (unpaired) electrons. The molecule has 100 valence electrons. The molecule has 0 fully saturated rings. The van der Waals surface area contributed by atoms with Crippen molar-refractivity contribution in [1.29, 1.82) is 5.26 Å². The molecule has 0 aromatic heterocycles. The minimum Gasteiger partial charge on any atom is -0.478 e. The van der Waals surface area contributed by atoms with Gasteiger partial charge in [0.25, 0.3) is 0 Å². The van der Waals surface area contributed by atoms with Gasteiger partial charge in [0.2, 0.25) is 0 Å². The van der Waals surface area contributed by atoms with Crippen LogP contribution in [0.5, 0.6) is 0 Å². The van der Waals surface area contributed by atoms with Gasteiger partial charge in [-0.15, -0.1) is 0 Å². The highest BCUT2D eigenvalue weighted by Gasteiger charge is 2.15. The van der Waals surface area contributed by atoms with E-state index in [0.717, 1.165) is 11.8 Å². The van der Waals surface area contributed by atoms with Gasteiger partial charge in [0, 0.05) is 19.2 Å². The van der Waals surface area contributed by atoms with Crippen LogP contribution in [0.15, 0.2) is 24.3 Å². The van der Waals surface area contributed by atoms with Gasteiger partial charge in [0.15, 0.2) is 0 Å². The molecule has 5 heteroatoms. The number of rotatable bonds is 5. The van der Waals surface area contributed by atoms with Gasteiger partial charge < -0.3 is 10.0 Å². The number of hydrogen-bond acceptors (Lipinski definition) is 3. The Kier molecular flexibility index (Phi) is 5.40. The molecule has 0 saturated heterocycles. The largest absolute Gasteiger partial charge is 0.478 e. The lowest BCUT2D eigenvalue weighted by atomic mass is 10.1. The number of aliphatic carboxylic acids is 1. The maximum atomic E-state index is 10.6. The predicted octanol–water partition coefficient (Wildman–Crippen LogP) is 3.18. The van der Waals surface area contributed by atoms with E-state index >= 15 is 0 Å².